The molecule has 2 nitrogen and oxygen atoms in total. The first-order valence-corrected chi connectivity index (χ1v) is 6.54. The predicted molar refractivity (Wildman–Crippen MR) is 78.5 cm³/mol. The third kappa shape index (κ3) is 3.20. The van der Waals surface area contributed by atoms with E-state index >= 15 is 0 Å². The van der Waals surface area contributed by atoms with Gasteiger partial charge < -0.3 is 5.32 Å². The average Bonchev–Trinajstić information content (AvgIpc) is 2.35. The summed E-state index contributed by atoms with van der Waals surface area (Å²) in [5.74, 6) is -0.592. The Balaban J connectivity index is 2.16. The Kier molecular flexibility index (Phi) is 4.19. The summed E-state index contributed by atoms with van der Waals surface area (Å²) < 4.78 is 13.5. The fourth-order valence-electron chi connectivity index (χ4n) is 1.37. The summed E-state index contributed by atoms with van der Waals surface area (Å²) in [6, 6.07) is 10.6. The highest BCUT2D eigenvalue weighted by molar-refractivity contribution is 14.1. The molecule has 5 heteroatoms. The Bertz CT molecular complexity index is 586. The molecule has 0 aliphatic rings. The summed E-state index contributed by atoms with van der Waals surface area (Å²) in [5, 5.41) is 3.29. The molecule has 1 N–H and O–H groups in total. The van der Waals surface area contributed by atoms with Crippen LogP contribution in [-0.4, -0.2) is 5.91 Å². The van der Waals surface area contributed by atoms with Gasteiger partial charge in [-0.05, 0) is 65.1 Å². The van der Waals surface area contributed by atoms with Crippen molar-refractivity contribution in [3.05, 3.63) is 62.4 Å². The lowest BCUT2D eigenvalue weighted by Gasteiger charge is -2.06. The lowest BCUT2D eigenvalue weighted by Crippen LogP contribution is -2.11. The number of anilines is 1. The van der Waals surface area contributed by atoms with Crippen LogP contribution in [0.5, 0.6) is 0 Å². The van der Waals surface area contributed by atoms with Crippen LogP contribution in [-0.2, 0) is 0 Å². The van der Waals surface area contributed by atoms with E-state index in [1.165, 1.54) is 24.3 Å². The van der Waals surface area contributed by atoms with Gasteiger partial charge in [0.1, 0.15) is 5.82 Å². The Hall–Kier alpha value is -1.14. The molecule has 18 heavy (non-hydrogen) atoms. The van der Waals surface area contributed by atoms with E-state index < -0.39 is 0 Å². The summed E-state index contributed by atoms with van der Waals surface area (Å²) in [6.45, 7) is 0. The number of benzene rings is 2. The number of amides is 1. The van der Waals surface area contributed by atoms with Gasteiger partial charge in [0, 0.05) is 14.8 Å². The summed E-state index contributed by atoms with van der Waals surface area (Å²) >= 11 is 7.94. The highest BCUT2D eigenvalue weighted by Gasteiger charge is 2.08. The van der Waals surface area contributed by atoms with Gasteiger partial charge in [0.2, 0.25) is 0 Å². The highest BCUT2D eigenvalue weighted by atomic mass is 127. The van der Waals surface area contributed by atoms with Crippen molar-refractivity contribution in [3.8, 4) is 0 Å². The van der Waals surface area contributed by atoms with E-state index in [9.17, 15) is 9.18 Å². The highest BCUT2D eigenvalue weighted by Crippen LogP contribution is 2.20. The van der Waals surface area contributed by atoms with Crippen molar-refractivity contribution in [2.75, 3.05) is 5.32 Å². The lowest BCUT2D eigenvalue weighted by molar-refractivity contribution is 0.102. The first-order valence-electron chi connectivity index (χ1n) is 5.08. The van der Waals surface area contributed by atoms with E-state index in [1.807, 2.05) is 0 Å². The zero-order valence-electron chi connectivity index (χ0n) is 9.08. The molecule has 1 amide bonds. The lowest BCUT2D eigenvalue weighted by atomic mass is 10.2. The van der Waals surface area contributed by atoms with E-state index in [0.29, 0.717) is 16.3 Å². The van der Waals surface area contributed by atoms with Gasteiger partial charge >= 0.3 is 0 Å². The van der Waals surface area contributed by atoms with Crippen molar-refractivity contribution in [1.82, 2.24) is 0 Å². The molecule has 92 valence electrons. The van der Waals surface area contributed by atoms with Crippen LogP contribution >= 0.6 is 34.2 Å². The molecular formula is C13H8ClFINO. The molecule has 0 spiro atoms. The minimum atomic E-state index is -0.339. The zero-order valence-corrected chi connectivity index (χ0v) is 12.0. The molecule has 0 aliphatic heterocycles. The predicted octanol–water partition coefficient (Wildman–Crippen LogP) is 4.34. The van der Waals surface area contributed by atoms with Gasteiger partial charge in [-0.2, -0.15) is 0 Å². The Morgan fingerprint density at radius 3 is 2.44 bits per heavy atom. The van der Waals surface area contributed by atoms with Gasteiger partial charge in [-0.15, -0.1) is 0 Å². The second-order valence-corrected chi connectivity index (χ2v) is 5.16. The number of rotatable bonds is 2. The Labute approximate surface area is 122 Å². The minimum Gasteiger partial charge on any atom is -0.322 e. The quantitative estimate of drug-likeness (QED) is 0.778. The topological polar surface area (TPSA) is 29.1 Å². The van der Waals surface area contributed by atoms with Crippen LogP contribution in [0.3, 0.4) is 0 Å². The molecule has 0 heterocycles. The molecule has 2 aromatic rings. The van der Waals surface area contributed by atoms with E-state index in [4.69, 9.17) is 11.6 Å². The third-order valence-corrected chi connectivity index (χ3v) is 3.82. The zero-order chi connectivity index (χ0) is 13.1. The maximum atomic E-state index is 12.7. The van der Waals surface area contributed by atoms with Gasteiger partial charge in [-0.3, -0.25) is 4.79 Å². The molecule has 0 atom stereocenters. The van der Waals surface area contributed by atoms with Crippen LogP contribution < -0.4 is 5.32 Å². The number of carbonyl (C=O) groups excluding carboxylic acids is 1. The third-order valence-electron chi connectivity index (χ3n) is 2.28. The van der Waals surface area contributed by atoms with E-state index in [-0.39, 0.29) is 11.7 Å². The molecular weight excluding hydrogens is 368 g/mol. The van der Waals surface area contributed by atoms with Gasteiger partial charge in [-0.1, -0.05) is 11.6 Å². The van der Waals surface area contributed by atoms with Crippen molar-refractivity contribution >= 4 is 45.8 Å². The van der Waals surface area contributed by atoms with Gasteiger partial charge in [0.15, 0.2) is 0 Å². The van der Waals surface area contributed by atoms with E-state index in [2.05, 4.69) is 27.9 Å². The number of hydrogen-bond acceptors (Lipinski definition) is 1. The fraction of sp³-hybridized carbons (Fsp3) is 0. The molecule has 0 aliphatic carbocycles. The fourth-order valence-corrected chi connectivity index (χ4v) is 2.01. The monoisotopic (exact) mass is 375 g/mol. The summed E-state index contributed by atoms with van der Waals surface area (Å²) in [5.41, 5.74) is 1.06. The molecule has 0 saturated carbocycles. The van der Waals surface area contributed by atoms with Crippen LogP contribution in [0, 0.1) is 9.39 Å². The van der Waals surface area contributed by atoms with Crippen LogP contribution in [0.15, 0.2) is 42.5 Å². The maximum Gasteiger partial charge on any atom is 0.255 e. The molecule has 0 unspecified atom stereocenters. The normalized spacial score (nSPS) is 10.2. The Morgan fingerprint density at radius 2 is 1.83 bits per heavy atom. The van der Waals surface area contributed by atoms with E-state index in [0.717, 1.165) is 3.57 Å². The molecule has 0 fully saturated rings. The van der Waals surface area contributed by atoms with Crippen LogP contribution in [0.1, 0.15) is 10.4 Å². The Morgan fingerprint density at radius 1 is 1.17 bits per heavy atom. The second-order valence-electron chi connectivity index (χ2n) is 3.59. The average molecular weight is 376 g/mol. The first-order chi connectivity index (χ1) is 8.56. The second kappa shape index (κ2) is 5.67. The standard InChI is InChI=1S/C13H8ClFINO/c14-11-6-1-8(7-12(11)16)13(18)17-10-4-2-9(15)3-5-10/h1-7H,(H,17,18). The van der Waals surface area contributed by atoms with Gasteiger partial charge in [0.05, 0.1) is 5.02 Å². The van der Waals surface area contributed by atoms with Crippen molar-refractivity contribution in [2.24, 2.45) is 0 Å². The van der Waals surface area contributed by atoms with Crippen molar-refractivity contribution in [2.45, 2.75) is 0 Å². The molecule has 0 saturated heterocycles. The maximum absolute atomic E-state index is 12.7. The van der Waals surface area contributed by atoms with Crippen molar-refractivity contribution in [1.29, 1.82) is 0 Å². The molecule has 0 bridgehead atoms. The first kappa shape index (κ1) is 13.3. The molecule has 0 radical (unpaired) electrons. The van der Waals surface area contributed by atoms with Crippen LogP contribution in [0.4, 0.5) is 10.1 Å². The summed E-state index contributed by atoms with van der Waals surface area (Å²) in [4.78, 5) is 11.9. The van der Waals surface area contributed by atoms with Gasteiger partial charge in [0.25, 0.3) is 5.91 Å². The summed E-state index contributed by atoms with van der Waals surface area (Å²) in [7, 11) is 0. The largest absolute Gasteiger partial charge is 0.322 e. The smallest absolute Gasteiger partial charge is 0.255 e. The molecule has 2 rings (SSSR count). The van der Waals surface area contributed by atoms with E-state index in [1.54, 1.807) is 18.2 Å². The van der Waals surface area contributed by atoms with Crippen molar-refractivity contribution < 1.29 is 9.18 Å². The van der Waals surface area contributed by atoms with Crippen molar-refractivity contribution in [3.63, 3.8) is 0 Å². The van der Waals surface area contributed by atoms with Gasteiger partial charge in [-0.25, -0.2) is 4.39 Å². The van der Waals surface area contributed by atoms with Crippen LogP contribution in [0.25, 0.3) is 0 Å². The van der Waals surface area contributed by atoms with Crippen LogP contribution in [0.2, 0.25) is 5.02 Å². The number of hydrogen-bond donors (Lipinski definition) is 1. The molecule has 0 aromatic heterocycles. The SMILES string of the molecule is O=C(Nc1ccc(F)cc1)c1ccc(Cl)c(I)c1. The number of carbonyl (C=O) groups is 1. The summed E-state index contributed by atoms with van der Waals surface area (Å²) in [6.07, 6.45) is 0. The molecule has 2 aromatic carbocycles. The minimum absolute atomic E-state index is 0.254. The number of nitrogens with one attached hydrogen (secondary N) is 1. The number of halogens is 3.